The molecule has 0 aromatic carbocycles. The van der Waals surface area contributed by atoms with Gasteiger partial charge in [0, 0.05) is 19.3 Å². The first-order chi connectivity index (χ1) is 13.0. The van der Waals surface area contributed by atoms with E-state index >= 15 is 0 Å². The van der Waals surface area contributed by atoms with E-state index in [1.807, 2.05) is 31.2 Å². The standard InChI is InChI=1S/C19H24N6OS/c1-11-6-8-25(10-11)18(26)16-17-14(9-15(20)27-17)23-19(24-16)22-12(2)13-5-3-4-7-21-13/h3-5,7,9,11-12,18,26H,6,8,10,20H2,1-2H3,(H,22,23,24)/t11-,12+,18?/m1/s1. The summed E-state index contributed by atoms with van der Waals surface area (Å²) >= 11 is 1.42. The Hall–Kier alpha value is -2.29. The van der Waals surface area contributed by atoms with E-state index in [0.717, 1.165) is 35.4 Å². The number of nitrogens with one attached hydrogen (secondary N) is 1. The van der Waals surface area contributed by atoms with Crippen molar-refractivity contribution in [3.05, 3.63) is 41.9 Å². The molecule has 1 saturated heterocycles. The lowest BCUT2D eigenvalue weighted by atomic mass is 10.2. The molecule has 27 heavy (non-hydrogen) atoms. The van der Waals surface area contributed by atoms with Crippen LogP contribution in [0, 0.1) is 5.92 Å². The number of hydrogen-bond donors (Lipinski definition) is 3. The van der Waals surface area contributed by atoms with Gasteiger partial charge in [-0.25, -0.2) is 9.97 Å². The number of nitrogen functional groups attached to an aromatic ring is 1. The van der Waals surface area contributed by atoms with Crippen molar-refractivity contribution in [1.82, 2.24) is 19.9 Å². The maximum Gasteiger partial charge on any atom is 0.224 e. The van der Waals surface area contributed by atoms with Crippen molar-refractivity contribution >= 4 is 32.5 Å². The monoisotopic (exact) mass is 384 g/mol. The molecule has 3 aromatic heterocycles. The van der Waals surface area contributed by atoms with Crippen molar-refractivity contribution in [2.45, 2.75) is 32.5 Å². The lowest BCUT2D eigenvalue weighted by Gasteiger charge is -2.23. The van der Waals surface area contributed by atoms with E-state index in [0.29, 0.717) is 22.6 Å². The van der Waals surface area contributed by atoms with Crippen molar-refractivity contribution in [1.29, 1.82) is 0 Å². The number of thiophene rings is 1. The minimum absolute atomic E-state index is 0.0589. The Balaban J connectivity index is 1.68. The molecular formula is C19H24N6OS. The molecule has 1 unspecified atom stereocenters. The molecule has 0 saturated carbocycles. The average molecular weight is 385 g/mol. The van der Waals surface area contributed by atoms with Gasteiger partial charge in [0.2, 0.25) is 5.95 Å². The molecule has 8 heteroatoms. The molecule has 0 spiro atoms. The maximum atomic E-state index is 11.0. The van der Waals surface area contributed by atoms with Crippen LogP contribution >= 0.6 is 11.3 Å². The van der Waals surface area contributed by atoms with Gasteiger partial charge >= 0.3 is 0 Å². The summed E-state index contributed by atoms with van der Waals surface area (Å²) in [6.07, 6.45) is 2.09. The van der Waals surface area contributed by atoms with Gasteiger partial charge in [-0.2, -0.15) is 0 Å². The van der Waals surface area contributed by atoms with E-state index in [1.54, 1.807) is 6.20 Å². The number of rotatable bonds is 5. The first kappa shape index (κ1) is 18.1. The molecule has 7 nitrogen and oxygen atoms in total. The van der Waals surface area contributed by atoms with E-state index in [1.165, 1.54) is 11.3 Å². The van der Waals surface area contributed by atoms with Crippen molar-refractivity contribution < 1.29 is 5.11 Å². The Kier molecular flexibility index (Phi) is 4.94. The SMILES string of the molecule is C[C@@H]1CCN(C(O)c2nc(N[C@@H](C)c3ccccn3)nc3cc(N)sc23)C1. The molecule has 0 amide bonds. The molecule has 0 bridgehead atoms. The lowest BCUT2D eigenvalue weighted by molar-refractivity contribution is 0.0148. The molecule has 1 aliphatic heterocycles. The van der Waals surface area contributed by atoms with Gasteiger partial charge in [-0.05, 0) is 37.5 Å². The van der Waals surface area contributed by atoms with Gasteiger partial charge < -0.3 is 16.2 Å². The number of aliphatic hydroxyl groups is 1. The molecule has 3 atom stereocenters. The fraction of sp³-hybridized carbons (Fsp3) is 0.421. The Morgan fingerprint density at radius 3 is 2.93 bits per heavy atom. The summed E-state index contributed by atoms with van der Waals surface area (Å²) in [6, 6.07) is 7.57. The van der Waals surface area contributed by atoms with Crippen LogP contribution in [0.25, 0.3) is 10.2 Å². The number of pyridine rings is 1. The van der Waals surface area contributed by atoms with E-state index in [4.69, 9.17) is 5.73 Å². The summed E-state index contributed by atoms with van der Waals surface area (Å²) in [5.74, 6) is 1.05. The summed E-state index contributed by atoms with van der Waals surface area (Å²) in [4.78, 5) is 15.7. The number of nitrogens with two attached hydrogens (primary N) is 1. The number of hydrogen-bond acceptors (Lipinski definition) is 8. The number of anilines is 2. The minimum atomic E-state index is -0.760. The molecule has 142 valence electrons. The van der Waals surface area contributed by atoms with Crippen LogP contribution in [0.4, 0.5) is 10.9 Å². The van der Waals surface area contributed by atoms with Crippen LogP contribution in [-0.4, -0.2) is 38.0 Å². The predicted molar refractivity (Wildman–Crippen MR) is 108 cm³/mol. The van der Waals surface area contributed by atoms with Gasteiger partial charge in [-0.3, -0.25) is 9.88 Å². The highest BCUT2D eigenvalue weighted by atomic mass is 32.1. The zero-order valence-corrected chi connectivity index (χ0v) is 16.3. The van der Waals surface area contributed by atoms with Gasteiger partial charge in [0.05, 0.1) is 27.0 Å². The number of aromatic nitrogens is 3. The fourth-order valence-corrected chi connectivity index (χ4v) is 4.34. The van der Waals surface area contributed by atoms with Crippen molar-refractivity contribution in [2.75, 3.05) is 24.1 Å². The highest BCUT2D eigenvalue weighted by Gasteiger charge is 2.29. The number of nitrogens with zero attached hydrogens (tertiary/aromatic N) is 4. The first-order valence-corrected chi connectivity index (χ1v) is 9.99. The van der Waals surface area contributed by atoms with Crippen molar-refractivity contribution in [2.24, 2.45) is 5.92 Å². The Morgan fingerprint density at radius 1 is 1.37 bits per heavy atom. The third kappa shape index (κ3) is 3.73. The molecule has 4 heterocycles. The predicted octanol–water partition coefficient (Wildman–Crippen LogP) is 3.17. The number of fused-ring (bicyclic) bond motifs is 1. The van der Waals surface area contributed by atoms with Crippen LogP contribution in [0.1, 0.15) is 43.9 Å². The Morgan fingerprint density at radius 2 is 2.22 bits per heavy atom. The van der Waals surface area contributed by atoms with Crippen LogP contribution < -0.4 is 11.1 Å². The molecule has 1 aliphatic rings. The zero-order chi connectivity index (χ0) is 19.0. The van der Waals surface area contributed by atoms with Gasteiger partial charge in [0.1, 0.15) is 5.69 Å². The summed E-state index contributed by atoms with van der Waals surface area (Å²) in [6.45, 7) is 5.94. The van der Waals surface area contributed by atoms with Gasteiger partial charge in [-0.15, -0.1) is 11.3 Å². The summed E-state index contributed by atoms with van der Waals surface area (Å²) in [5, 5.41) is 15.0. The normalized spacial score (nSPS) is 20.0. The van der Waals surface area contributed by atoms with E-state index in [2.05, 4.69) is 32.1 Å². The van der Waals surface area contributed by atoms with E-state index < -0.39 is 6.23 Å². The molecular weight excluding hydrogens is 360 g/mol. The number of likely N-dealkylation sites (tertiary alicyclic amines) is 1. The molecule has 3 aromatic rings. The third-order valence-electron chi connectivity index (χ3n) is 4.94. The first-order valence-electron chi connectivity index (χ1n) is 9.18. The van der Waals surface area contributed by atoms with E-state index in [-0.39, 0.29) is 6.04 Å². The van der Waals surface area contributed by atoms with Gasteiger partial charge in [0.15, 0.2) is 6.23 Å². The highest BCUT2D eigenvalue weighted by molar-refractivity contribution is 7.22. The number of aliphatic hydroxyl groups excluding tert-OH is 1. The van der Waals surface area contributed by atoms with Crippen LogP contribution in [0.15, 0.2) is 30.5 Å². The van der Waals surface area contributed by atoms with Crippen LogP contribution in [0.3, 0.4) is 0 Å². The Labute approximate surface area is 162 Å². The van der Waals surface area contributed by atoms with Crippen molar-refractivity contribution in [3.63, 3.8) is 0 Å². The quantitative estimate of drug-likeness (QED) is 0.621. The summed E-state index contributed by atoms with van der Waals surface area (Å²) < 4.78 is 0.843. The van der Waals surface area contributed by atoms with Crippen LogP contribution in [0.2, 0.25) is 0 Å². The zero-order valence-electron chi connectivity index (χ0n) is 15.5. The van der Waals surface area contributed by atoms with Gasteiger partial charge in [0.25, 0.3) is 0 Å². The smallest absolute Gasteiger partial charge is 0.224 e. The maximum absolute atomic E-state index is 11.0. The summed E-state index contributed by atoms with van der Waals surface area (Å²) in [5.41, 5.74) is 8.28. The second kappa shape index (κ2) is 7.38. The Bertz CT molecular complexity index is 931. The highest BCUT2D eigenvalue weighted by Crippen LogP contribution is 2.35. The second-order valence-corrected chi connectivity index (χ2v) is 8.26. The molecule has 0 aliphatic carbocycles. The van der Waals surface area contributed by atoms with Crippen LogP contribution in [0.5, 0.6) is 0 Å². The van der Waals surface area contributed by atoms with Crippen LogP contribution in [-0.2, 0) is 0 Å². The largest absolute Gasteiger partial charge is 0.391 e. The van der Waals surface area contributed by atoms with Crippen molar-refractivity contribution in [3.8, 4) is 0 Å². The van der Waals surface area contributed by atoms with Gasteiger partial charge in [-0.1, -0.05) is 13.0 Å². The fourth-order valence-electron chi connectivity index (χ4n) is 3.47. The topological polar surface area (TPSA) is 100 Å². The molecule has 0 radical (unpaired) electrons. The third-order valence-corrected chi connectivity index (χ3v) is 5.92. The minimum Gasteiger partial charge on any atom is -0.391 e. The molecule has 1 fully saturated rings. The lowest BCUT2D eigenvalue weighted by Crippen LogP contribution is -2.27. The summed E-state index contributed by atoms with van der Waals surface area (Å²) in [7, 11) is 0. The second-order valence-electron chi connectivity index (χ2n) is 7.18. The molecule has 4 N–H and O–H groups in total. The van der Waals surface area contributed by atoms with E-state index in [9.17, 15) is 5.11 Å². The average Bonchev–Trinajstić information content (AvgIpc) is 3.26. The molecule has 4 rings (SSSR count).